The maximum absolute atomic E-state index is 13.2. The monoisotopic (exact) mass is 402 g/mol. The van der Waals surface area contributed by atoms with Crippen molar-refractivity contribution in [2.45, 2.75) is 52.0 Å². The highest BCUT2D eigenvalue weighted by molar-refractivity contribution is 7.13. The average molecular weight is 403 g/mol. The van der Waals surface area contributed by atoms with E-state index in [4.69, 9.17) is 4.52 Å². The lowest BCUT2D eigenvalue weighted by atomic mass is 10.0. The van der Waals surface area contributed by atoms with E-state index in [1.807, 2.05) is 28.9 Å². The Kier molecular flexibility index (Phi) is 5.48. The number of carbonyl (C=O) groups is 2. The summed E-state index contributed by atoms with van der Waals surface area (Å²) in [5.41, 5.74) is 0. The van der Waals surface area contributed by atoms with E-state index in [1.165, 1.54) is 11.3 Å². The fourth-order valence-corrected chi connectivity index (χ4v) is 5.05. The maximum atomic E-state index is 13.2. The molecule has 0 bridgehead atoms. The zero-order valence-corrected chi connectivity index (χ0v) is 17.2. The van der Waals surface area contributed by atoms with Gasteiger partial charge in [0, 0.05) is 30.4 Å². The third kappa shape index (κ3) is 3.83. The molecular weight excluding hydrogens is 376 g/mol. The number of carbonyl (C=O) groups excluding carboxylic acids is 2. The summed E-state index contributed by atoms with van der Waals surface area (Å²) < 4.78 is 5.43. The lowest BCUT2D eigenvalue weighted by Crippen LogP contribution is -2.40. The van der Waals surface area contributed by atoms with E-state index in [0.717, 1.165) is 35.4 Å². The minimum Gasteiger partial charge on any atom is -0.337 e. The third-order valence-corrected chi connectivity index (χ3v) is 6.70. The van der Waals surface area contributed by atoms with Gasteiger partial charge >= 0.3 is 0 Å². The van der Waals surface area contributed by atoms with E-state index < -0.39 is 0 Å². The van der Waals surface area contributed by atoms with Gasteiger partial charge in [-0.2, -0.15) is 4.98 Å². The molecule has 2 fully saturated rings. The van der Waals surface area contributed by atoms with Crippen LogP contribution >= 0.6 is 11.3 Å². The first-order valence-electron chi connectivity index (χ1n) is 9.99. The minimum absolute atomic E-state index is 0.0359. The third-order valence-electron chi connectivity index (χ3n) is 5.71. The fraction of sp³-hybridized carbons (Fsp3) is 0.600. The van der Waals surface area contributed by atoms with Crippen molar-refractivity contribution in [2.75, 3.05) is 19.6 Å². The normalized spacial score (nSPS) is 21.1. The van der Waals surface area contributed by atoms with E-state index in [2.05, 4.69) is 10.1 Å². The summed E-state index contributed by atoms with van der Waals surface area (Å²) in [7, 11) is 0. The molecule has 1 unspecified atom stereocenters. The van der Waals surface area contributed by atoms with Crippen LogP contribution in [-0.4, -0.2) is 51.4 Å². The average Bonchev–Trinajstić information content (AvgIpc) is 3.41. The molecule has 0 aromatic carbocycles. The number of amides is 2. The Labute approximate surface area is 168 Å². The van der Waals surface area contributed by atoms with Crippen molar-refractivity contribution in [3.05, 3.63) is 33.6 Å². The number of hydrogen-bond acceptors (Lipinski definition) is 6. The van der Waals surface area contributed by atoms with Gasteiger partial charge in [-0.05, 0) is 45.2 Å². The van der Waals surface area contributed by atoms with Gasteiger partial charge in [0.1, 0.15) is 6.04 Å². The Balaban J connectivity index is 1.56. The van der Waals surface area contributed by atoms with Crippen molar-refractivity contribution < 1.29 is 14.1 Å². The predicted molar refractivity (Wildman–Crippen MR) is 105 cm³/mol. The van der Waals surface area contributed by atoms with E-state index in [1.54, 1.807) is 6.92 Å². The summed E-state index contributed by atoms with van der Waals surface area (Å²) >= 11 is 1.51. The highest BCUT2D eigenvalue weighted by Gasteiger charge is 2.37. The second kappa shape index (κ2) is 8.03. The first kappa shape index (κ1) is 19.1. The zero-order chi connectivity index (χ0) is 19.7. The van der Waals surface area contributed by atoms with E-state index in [9.17, 15) is 9.59 Å². The topological polar surface area (TPSA) is 79.5 Å². The highest BCUT2D eigenvalue weighted by atomic mass is 32.1. The van der Waals surface area contributed by atoms with Crippen LogP contribution in [0.1, 0.15) is 64.4 Å². The van der Waals surface area contributed by atoms with Gasteiger partial charge in [0.15, 0.2) is 5.82 Å². The Morgan fingerprint density at radius 3 is 2.54 bits per heavy atom. The fourth-order valence-electron chi connectivity index (χ4n) is 4.21. The largest absolute Gasteiger partial charge is 0.337 e. The van der Waals surface area contributed by atoms with Gasteiger partial charge < -0.3 is 14.3 Å². The summed E-state index contributed by atoms with van der Waals surface area (Å²) in [6, 6.07) is 3.58. The number of aryl methyl sites for hydroxylation is 2. The standard InChI is InChI=1S/C20H26N4O3S/c1-13-7-8-17(28-13)20(26)23-10-9-16(18-21-14(2)22-27-18)24(12-11-23)19(25)15-5-3-4-6-15/h7-8,15-16H,3-6,9-12H2,1-2H3. The SMILES string of the molecule is Cc1noc(C2CCN(C(=O)c3ccc(C)s3)CCN2C(=O)C2CCCC2)n1. The van der Waals surface area contributed by atoms with Crippen molar-refractivity contribution in [2.24, 2.45) is 5.92 Å². The molecule has 28 heavy (non-hydrogen) atoms. The molecule has 1 saturated heterocycles. The molecule has 150 valence electrons. The molecule has 1 saturated carbocycles. The molecule has 0 N–H and O–H groups in total. The van der Waals surface area contributed by atoms with Gasteiger partial charge in [-0.3, -0.25) is 9.59 Å². The van der Waals surface area contributed by atoms with Crippen LogP contribution in [0.3, 0.4) is 0 Å². The molecule has 2 aliphatic rings. The molecule has 1 atom stereocenters. The van der Waals surface area contributed by atoms with Crippen LogP contribution < -0.4 is 0 Å². The lowest BCUT2D eigenvalue weighted by Gasteiger charge is -2.29. The first-order chi connectivity index (χ1) is 13.5. The second-order valence-corrected chi connectivity index (χ2v) is 8.99. The van der Waals surface area contributed by atoms with Crippen molar-refractivity contribution >= 4 is 23.2 Å². The quantitative estimate of drug-likeness (QED) is 0.787. The Hall–Kier alpha value is -2.22. The molecule has 0 radical (unpaired) electrons. The van der Waals surface area contributed by atoms with Crippen molar-refractivity contribution in [3.8, 4) is 0 Å². The van der Waals surface area contributed by atoms with Gasteiger partial charge in [-0.1, -0.05) is 18.0 Å². The molecule has 0 spiro atoms. The van der Waals surface area contributed by atoms with Gasteiger partial charge in [0.2, 0.25) is 11.8 Å². The van der Waals surface area contributed by atoms with Gasteiger partial charge in [-0.15, -0.1) is 11.3 Å². The molecule has 4 rings (SSSR count). The van der Waals surface area contributed by atoms with Crippen LogP contribution in [0.4, 0.5) is 0 Å². The highest BCUT2D eigenvalue weighted by Crippen LogP contribution is 2.33. The molecular formula is C20H26N4O3S. The van der Waals surface area contributed by atoms with Crippen molar-refractivity contribution in [1.29, 1.82) is 0 Å². The van der Waals surface area contributed by atoms with Crippen molar-refractivity contribution in [3.63, 3.8) is 0 Å². The van der Waals surface area contributed by atoms with Crippen LogP contribution in [0.25, 0.3) is 0 Å². The first-order valence-corrected chi connectivity index (χ1v) is 10.8. The van der Waals surface area contributed by atoms with Gasteiger partial charge in [-0.25, -0.2) is 0 Å². The summed E-state index contributed by atoms with van der Waals surface area (Å²) in [4.78, 5) is 36.2. The van der Waals surface area contributed by atoms with Crippen LogP contribution in [0.2, 0.25) is 0 Å². The van der Waals surface area contributed by atoms with Crippen LogP contribution in [0, 0.1) is 19.8 Å². The number of hydrogen-bond donors (Lipinski definition) is 0. The van der Waals surface area contributed by atoms with Crippen LogP contribution in [0.5, 0.6) is 0 Å². The smallest absolute Gasteiger partial charge is 0.263 e. The summed E-state index contributed by atoms with van der Waals surface area (Å²) in [5.74, 6) is 1.32. The Morgan fingerprint density at radius 1 is 1.11 bits per heavy atom. The summed E-state index contributed by atoms with van der Waals surface area (Å²) in [6.07, 6.45) is 4.72. The summed E-state index contributed by atoms with van der Waals surface area (Å²) in [6.45, 7) is 5.37. The Morgan fingerprint density at radius 2 is 1.89 bits per heavy atom. The van der Waals surface area contributed by atoms with Crippen LogP contribution in [0.15, 0.2) is 16.7 Å². The van der Waals surface area contributed by atoms with Crippen molar-refractivity contribution in [1.82, 2.24) is 19.9 Å². The molecule has 3 heterocycles. The number of thiophene rings is 1. The number of aromatic nitrogens is 2. The maximum Gasteiger partial charge on any atom is 0.263 e. The minimum atomic E-state index is -0.267. The number of nitrogens with zero attached hydrogens (tertiary/aromatic N) is 4. The lowest BCUT2D eigenvalue weighted by molar-refractivity contribution is -0.138. The molecule has 1 aliphatic heterocycles. The van der Waals surface area contributed by atoms with Gasteiger partial charge in [0.25, 0.3) is 5.91 Å². The molecule has 1 aliphatic carbocycles. The molecule has 7 nitrogen and oxygen atoms in total. The van der Waals surface area contributed by atoms with E-state index >= 15 is 0 Å². The zero-order valence-electron chi connectivity index (χ0n) is 16.4. The molecule has 8 heteroatoms. The van der Waals surface area contributed by atoms with E-state index in [-0.39, 0.29) is 23.8 Å². The predicted octanol–water partition coefficient (Wildman–Crippen LogP) is 3.35. The van der Waals surface area contributed by atoms with Crippen LogP contribution in [-0.2, 0) is 4.79 Å². The summed E-state index contributed by atoms with van der Waals surface area (Å²) in [5, 5.41) is 3.92. The molecule has 2 aromatic rings. The Bertz CT molecular complexity index is 855. The van der Waals surface area contributed by atoms with E-state index in [0.29, 0.717) is 37.8 Å². The second-order valence-electron chi connectivity index (χ2n) is 7.70. The molecule has 2 amide bonds. The number of rotatable bonds is 3. The molecule has 2 aromatic heterocycles. The van der Waals surface area contributed by atoms with Gasteiger partial charge in [0.05, 0.1) is 4.88 Å².